The monoisotopic (exact) mass is 171 g/mol. The number of fused-ring (bicyclic) bond motifs is 1. The highest BCUT2D eigenvalue weighted by Gasteiger charge is 1.99. The summed E-state index contributed by atoms with van der Waals surface area (Å²) in [6, 6.07) is 7.68. The van der Waals surface area contributed by atoms with Crippen molar-refractivity contribution in [1.82, 2.24) is 4.98 Å². The van der Waals surface area contributed by atoms with Crippen molar-refractivity contribution in [3.05, 3.63) is 48.9 Å². The van der Waals surface area contributed by atoms with Gasteiger partial charge in [0.05, 0.1) is 0 Å². The number of aromatic nitrogens is 1. The van der Waals surface area contributed by atoms with E-state index in [1.165, 1.54) is 0 Å². The van der Waals surface area contributed by atoms with Gasteiger partial charge in [-0.2, -0.15) is 0 Å². The molecule has 13 heavy (non-hydrogen) atoms. The van der Waals surface area contributed by atoms with Crippen LogP contribution in [0.1, 0.15) is 5.89 Å². The van der Waals surface area contributed by atoms with E-state index in [9.17, 15) is 0 Å². The van der Waals surface area contributed by atoms with Crippen molar-refractivity contribution >= 4 is 17.2 Å². The lowest BCUT2D eigenvalue weighted by Gasteiger charge is -1.80. The van der Waals surface area contributed by atoms with Crippen molar-refractivity contribution in [2.75, 3.05) is 0 Å². The molecular formula is C11H9NO. The third-order valence-electron chi connectivity index (χ3n) is 1.69. The third kappa shape index (κ3) is 1.51. The smallest absolute Gasteiger partial charge is 0.219 e. The molecule has 2 aromatic rings. The Labute approximate surface area is 76.2 Å². The van der Waals surface area contributed by atoms with Crippen molar-refractivity contribution in [2.45, 2.75) is 0 Å². The highest BCUT2D eigenvalue weighted by molar-refractivity contribution is 5.73. The van der Waals surface area contributed by atoms with Crippen LogP contribution >= 0.6 is 0 Å². The third-order valence-corrected chi connectivity index (χ3v) is 1.69. The van der Waals surface area contributed by atoms with Crippen molar-refractivity contribution in [2.24, 2.45) is 0 Å². The van der Waals surface area contributed by atoms with E-state index >= 15 is 0 Å². The molecule has 0 aliphatic carbocycles. The SMILES string of the molecule is C=C/C=C/c1nc2ccccc2o1. The van der Waals surface area contributed by atoms with Gasteiger partial charge in [-0.3, -0.25) is 0 Å². The second kappa shape index (κ2) is 3.27. The molecule has 0 unspecified atom stereocenters. The molecular weight excluding hydrogens is 162 g/mol. The number of allylic oxidation sites excluding steroid dienone is 2. The summed E-state index contributed by atoms with van der Waals surface area (Å²) in [5.74, 6) is 0.612. The molecule has 64 valence electrons. The number of para-hydroxylation sites is 2. The summed E-state index contributed by atoms with van der Waals surface area (Å²) in [4.78, 5) is 4.25. The molecule has 0 aliphatic heterocycles. The van der Waals surface area contributed by atoms with Gasteiger partial charge >= 0.3 is 0 Å². The van der Waals surface area contributed by atoms with Gasteiger partial charge in [-0.05, 0) is 12.1 Å². The second-order valence-electron chi connectivity index (χ2n) is 2.61. The zero-order chi connectivity index (χ0) is 9.10. The Balaban J connectivity index is 2.49. The Morgan fingerprint density at radius 1 is 1.31 bits per heavy atom. The topological polar surface area (TPSA) is 26.0 Å². The van der Waals surface area contributed by atoms with Crippen LogP contribution in [-0.4, -0.2) is 4.98 Å². The highest BCUT2D eigenvalue weighted by Crippen LogP contribution is 2.15. The molecule has 0 saturated heterocycles. The lowest BCUT2D eigenvalue weighted by atomic mass is 10.3. The van der Waals surface area contributed by atoms with Crippen LogP contribution in [-0.2, 0) is 0 Å². The predicted molar refractivity (Wildman–Crippen MR) is 53.2 cm³/mol. The van der Waals surface area contributed by atoms with Crippen LogP contribution in [0.4, 0.5) is 0 Å². The summed E-state index contributed by atoms with van der Waals surface area (Å²) < 4.78 is 5.42. The minimum atomic E-state index is 0.612. The number of hydrogen-bond donors (Lipinski definition) is 0. The fourth-order valence-corrected chi connectivity index (χ4v) is 1.11. The molecule has 0 bridgehead atoms. The second-order valence-corrected chi connectivity index (χ2v) is 2.61. The standard InChI is InChI=1S/C11H9NO/c1-2-3-8-11-12-9-6-4-5-7-10(9)13-11/h2-8H,1H2/b8-3+. The van der Waals surface area contributed by atoms with Crippen LogP contribution in [0.2, 0.25) is 0 Å². The number of rotatable bonds is 2. The maximum atomic E-state index is 5.42. The average Bonchev–Trinajstić information content (AvgIpc) is 2.57. The van der Waals surface area contributed by atoms with E-state index in [4.69, 9.17) is 4.42 Å². The molecule has 2 heteroatoms. The largest absolute Gasteiger partial charge is 0.437 e. The first-order valence-electron chi connectivity index (χ1n) is 4.05. The molecule has 0 amide bonds. The fourth-order valence-electron chi connectivity index (χ4n) is 1.11. The minimum absolute atomic E-state index is 0.612. The molecule has 1 heterocycles. The Hall–Kier alpha value is -1.83. The highest BCUT2D eigenvalue weighted by atomic mass is 16.3. The maximum absolute atomic E-state index is 5.42. The Morgan fingerprint density at radius 2 is 2.15 bits per heavy atom. The molecule has 0 atom stereocenters. The minimum Gasteiger partial charge on any atom is -0.437 e. The van der Waals surface area contributed by atoms with E-state index in [0.717, 1.165) is 11.1 Å². The van der Waals surface area contributed by atoms with Crippen LogP contribution in [0.5, 0.6) is 0 Å². The first kappa shape index (κ1) is 7.80. The molecule has 0 spiro atoms. The van der Waals surface area contributed by atoms with Gasteiger partial charge in [0.1, 0.15) is 5.52 Å². The molecule has 2 rings (SSSR count). The van der Waals surface area contributed by atoms with Gasteiger partial charge in [-0.25, -0.2) is 4.98 Å². The van der Waals surface area contributed by atoms with Crippen molar-refractivity contribution in [1.29, 1.82) is 0 Å². The Bertz CT molecular complexity index is 421. The van der Waals surface area contributed by atoms with Gasteiger partial charge in [0.15, 0.2) is 5.58 Å². The molecule has 0 saturated carbocycles. The normalized spacial score (nSPS) is 11.1. The van der Waals surface area contributed by atoms with E-state index in [-0.39, 0.29) is 0 Å². The molecule has 1 aromatic carbocycles. The van der Waals surface area contributed by atoms with Gasteiger partial charge in [0, 0.05) is 6.08 Å². The van der Waals surface area contributed by atoms with Gasteiger partial charge in [0.2, 0.25) is 5.89 Å². The predicted octanol–water partition coefficient (Wildman–Crippen LogP) is 3.03. The number of nitrogens with zero attached hydrogens (tertiary/aromatic N) is 1. The van der Waals surface area contributed by atoms with Gasteiger partial charge in [-0.15, -0.1) is 0 Å². The van der Waals surface area contributed by atoms with Crippen LogP contribution in [0.3, 0.4) is 0 Å². The summed E-state index contributed by atoms with van der Waals surface area (Å²) in [6.45, 7) is 3.57. The van der Waals surface area contributed by atoms with Gasteiger partial charge < -0.3 is 4.42 Å². The van der Waals surface area contributed by atoms with Crippen LogP contribution in [0.25, 0.3) is 17.2 Å². The number of hydrogen-bond acceptors (Lipinski definition) is 2. The average molecular weight is 171 g/mol. The molecule has 0 radical (unpaired) electrons. The van der Waals surface area contributed by atoms with Gasteiger partial charge in [-0.1, -0.05) is 30.9 Å². The van der Waals surface area contributed by atoms with Crippen LogP contribution in [0, 0.1) is 0 Å². The van der Waals surface area contributed by atoms with Gasteiger partial charge in [0.25, 0.3) is 0 Å². The maximum Gasteiger partial charge on any atom is 0.219 e. The summed E-state index contributed by atoms with van der Waals surface area (Å²) >= 11 is 0. The Kier molecular flexibility index (Phi) is 1.96. The lowest BCUT2D eigenvalue weighted by molar-refractivity contribution is 0.589. The molecule has 0 fully saturated rings. The summed E-state index contributed by atoms with van der Waals surface area (Å²) in [7, 11) is 0. The van der Waals surface area contributed by atoms with Crippen molar-refractivity contribution in [3.8, 4) is 0 Å². The van der Waals surface area contributed by atoms with Crippen LogP contribution in [0.15, 0.2) is 47.4 Å². The van der Waals surface area contributed by atoms with Crippen molar-refractivity contribution < 1.29 is 4.42 Å². The van der Waals surface area contributed by atoms with E-state index in [2.05, 4.69) is 11.6 Å². The quantitative estimate of drug-likeness (QED) is 0.649. The molecule has 2 nitrogen and oxygen atoms in total. The fraction of sp³-hybridized carbons (Fsp3) is 0. The molecule has 0 aliphatic rings. The van der Waals surface area contributed by atoms with Crippen LogP contribution < -0.4 is 0 Å². The summed E-state index contributed by atoms with van der Waals surface area (Å²) in [5.41, 5.74) is 1.69. The summed E-state index contributed by atoms with van der Waals surface area (Å²) in [5, 5.41) is 0. The lowest BCUT2D eigenvalue weighted by Crippen LogP contribution is -1.67. The zero-order valence-corrected chi connectivity index (χ0v) is 7.10. The molecule has 0 N–H and O–H groups in total. The van der Waals surface area contributed by atoms with Crippen molar-refractivity contribution in [3.63, 3.8) is 0 Å². The molecule has 1 aromatic heterocycles. The van der Waals surface area contributed by atoms with E-state index in [0.29, 0.717) is 5.89 Å². The van der Waals surface area contributed by atoms with E-state index < -0.39 is 0 Å². The first-order chi connectivity index (χ1) is 6.40. The van der Waals surface area contributed by atoms with E-state index in [1.807, 2.05) is 24.3 Å². The zero-order valence-electron chi connectivity index (χ0n) is 7.10. The Morgan fingerprint density at radius 3 is 2.92 bits per heavy atom. The summed E-state index contributed by atoms with van der Waals surface area (Å²) in [6.07, 6.45) is 5.27. The number of benzene rings is 1. The van der Waals surface area contributed by atoms with E-state index in [1.54, 1.807) is 18.2 Å². The number of oxazole rings is 1. The first-order valence-corrected chi connectivity index (χ1v) is 4.05.